The normalized spacial score (nSPS) is 14.8. The van der Waals surface area contributed by atoms with Crippen molar-refractivity contribution in [3.8, 4) is 11.8 Å². The van der Waals surface area contributed by atoms with Gasteiger partial charge in [-0.1, -0.05) is 27.7 Å². The van der Waals surface area contributed by atoms with Crippen molar-refractivity contribution in [1.29, 1.82) is 5.26 Å². The molecule has 2 N–H and O–H groups in total. The molecule has 0 saturated carbocycles. The maximum Gasteiger partial charge on any atom is 0.387 e. The summed E-state index contributed by atoms with van der Waals surface area (Å²) in [6.07, 6.45) is 5.52. The molecule has 0 amide bonds. The van der Waals surface area contributed by atoms with Crippen LogP contribution in [0.2, 0.25) is 0 Å². The number of sulfonamides is 1. The number of aromatic nitrogens is 2. The van der Waals surface area contributed by atoms with Gasteiger partial charge in [-0.15, -0.1) is 0 Å². The Labute approximate surface area is 228 Å². The van der Waals surface area contributed by atoms with Crippen molar-refractivity contribution in [2.24, 2.45) is 0 Å². The fraction of sp³-hybridized carbons (Fsp3) is 0.560. The molecular weight excluding hydrogens is 536 g/mol. The van der Waals surface area contributed by atoms with Crippen LogP contribution in [-0.4, -0.2) is 71.7 Å². The van der Waals surface area contributed by atoms with Crippen LogP contribution in [0.5, 0.6) is 5.75 Å². The van der Waals surface area contributed by atoms with Gasteiger partial charge in [-0.3, -0.25) is 0 Å². The Balaban J connectivity index is 0.00000172. The monoisotopic (exact) mass is 573 g/mol. The highest BCUT2D eigenvalue weighted by Gasteiger charge is 2.30. The van der Waals surface area contributed by atoms with Crippen LogP contribution < -0.4 is 10.1 Å². The molecule has 0 spiro atoms. The largest absolute Gasteiger partial charge is 0.432 e. The van der Waals surface area contributed by atoms with E-state index in [0.717, 1.165) is 12.4 Å². The Morgan fingerprint density at radius 2 is 1.82 bits per heavy atom. The van der Waals surface area contributed by atoms with Gasteiger partial charge in [0, 0.05) is 24.4 Å². The quantitative estimate of drug-likeness (QED) is 0.421. The van der Waals surface area contributed by atoms with Crippen molar-refractivity contribution in [3.05, 3.63) is 41.7 Å². The summed E-state index contributed by atoms with van der Waals surface area (Å²) < 4.78 is 56.5. The molecule has 212 valence electrons. The molecule has 0 aliphatic carbocycles. The molecule has 1 fully saturated rings. The lowest BCUT2D eigenvalue weighted by molar-refractivity contribution is -0.0503. The zero-order chi connectivity index (χ0) is 28.7. The molecule has 1 aromatic carbocycles. The fourth-order valence-electron chi connectivity index (χ4n) is 3.60. The second-order valence-electron chi connectivity index (χ2n) is 7.62. The fourth-order valence-corrected chi connectivity index (χ4v) is 5.62. The van der Waals surface area contributed by atoms with E-state index in [-0.39, 0.29) is 47.6 Å². The molecule has 1 unspecified atom stereocenters. The highest BCUT2D eigenvalue weighted by atomic mass is 32.2. The average Bonchev–Trinajstić information content (AvgIpc) is 2.95. The lowest BCUT2D eigenvalue weighted by Gasteiger charge is -2.31. The van der Waals surface area contributed by atoms with Crippen molar-refractivity contribution >= 4 is 27.7 Å². The number of benzene rings is 1. The van der Waals surface area contributed by atoms with Crippen molar-refractivity contribution in [1.82, 2.24) is 14.3 Å². The van der Waals surface area contributed by atoms with Gasteiger partial charge in [0.2, 0.25) is 16.0 Å². The molecule has 2 aromatic rings. The minimum Gasteiger partial charge on any atom is -0.432 e. The van der Waals surface area contributed by atoms with Crippen LogP contribution in [0.3, 0.4) is 0 Å². The van der Waals surface area contributed by atoms with Crippen molar-refractivity contribution in [3.63, 3.8) is 0 Å². The molecule has 9 nitrogen and oxygen atoms in total. The number of rotatable bonds is 10. The Morgan fingerprint density at radius 1 is 1.21 bits per heavy atom. The van der Waals surface area contributed by atoms with E-state index in [1.807, 2.05) is 34.0 Å². The third-order valence-corrected chi connectivity index (χ3v) is 8.34. The molecule has 1 atom stereocenters. The number of hydrogen-bond donors (Lipinski definition) is 2. The van der Waals surface area contributed by atoms with E-state index in [1.54, 1.807) is 0 Å². The van der Waals surface area contributed by atoms with E-state index in [4.69, 9.17) is 0 Å². The van der Waals surface area contributed by atoms with Gasteiger partial charge in [0.25, 0.3) is 0 Å². The number of nitrogens with one attached hydrogen (secondary N) is 1. The minimum absolute atomic E-state index is 0.0742. The third kappa shape index (κ3) is 9.65. The first-order chi connectivity index (χ1) is 18.3. The van der Waals surface area contributed by atoms with Crippen molar-refractivity contribution in [2.45, 2.75) is 69.8 Å². The maximum absolute atomic E-state index is 13.2. The number of aliphatic hydroxyl groups excluding tert-OH is 1. The number of piperidine rings is 1. The summed E-state index contributed by atoms with van der Waals surface area (Å²) >= 11 is 1.45. The van der Waals surface area contributed by atoms with E-state index in [2.05, 4.69) is 26.1 Å². The first-order valence-corrected chi connectivity index (χ1v) is 15.2. The predicted octanol–water partition coefficient (Wildman–Crippen LogP) is 4.53. The van der Waals surface area contributed by atoms with Gasteiger partial charge < -0.3 is 15.2 Å². The standard InChI is InChI=1S/C21H25F2N5O4S2.2C2H6/c1-33-18(13-29)8-15-9-19(3-2-14(15)10-24)34(30,31)28-6-4-16(5-7-28)27-21-25-11-17(12-26-21)32-20(22)23;2*1-2/h2-3,9,11-12,16,18,20,29H,4-8,13H2,1H3,(H,25,26,27);2*1-2H3. The number of alkyl halides is 2. The summed E-state index contributed by atoms with van der Waals surface area (Å²) in [5, 5.41) is 21.8. The summed E-state index contributed by atoms with van der Waals surface area (Å²) in [6.45, 7) is 5.51. The first kappa shape index (κ1) is 33.5. The third-order valence-electron chi connectivity index (χ3n) is 5.46. The number of ether oxygens (including phenoxy) is 1. The lowest BCUT2D eigenvalue weighted by Crippen LogP contribution is -2.42. The van der Waals surface area contributed by atoms with E-state index < -0.39 is 16.6 Å². The molecule has 0 bridgehead atoms. The molecular formula is C25H37F2N5O4S2. The second kappa shape index (κ2) is 17.1. The van der Waals surface area contributed by atoms with Crippen LogP contribution in [0.1, 0.15) is 51.7 Å². The topological polar surface area (TPSA) is 128 Å². The number of halogens is 2. The van der Waals surface area contributed by atoms with Crippen LogP contribution in [0.15, 0.2) is 35.5 Å². The second-order valence-corrected chi connectivity index (χ2v) is 10.7. The van der Waals surface area contributed by atoms with Crippen molar-refractivity contribution < 1.29 is 27.0 Å². The summed E-state index contributed by atoms with van der Waals surface area (Å²) in [5.74, 6) is 0.0953. The Bertz CT molecular complexity index is 1100. The van der Waals surface area contributed by atoms with E-state index >= 15 is 0 Å². The summed E-state index contributed by atoms with van der Waals surface area (Å²) in [7, 11) is -3.76. The number of nitriles is 1. The van der Waals surface area contributed by atoms with Crippen molar-refractivity contribution in [2.75, 3.05) is 31.3 Å². The van der Waals surface area contributed by atoms with Gasteiger partial charge in [0.15, 0.2) is 5.75 Å². The number of anilines is 1. The predicted molar refractivity (Wildman–Crippen MR) is 146 cm³/mol. The van der Waals surface area contributed by atoms with Crippen LogP contribution in [0, 0.1) is 11.3 Å². The van der Waals surface area contributed by atoms with E-state index in [9.17, 15) is 27.6 Å². The van der Waals surface area contributed by atoms with Gasteiger partial charge in [-0.05, 0) is 49.3 Å². The smallest absolute Gasteiger partial charge is 0.387 e. The molecule has 38 heavy (non-hydrogen) atoms. The Kier molecular flexibility index (Phi) is 15.1. The van der Waals surface area contributed by atoms with Gasteiger partial charge in [-0.2, -0.15) is 30.1 Å². The van der Waals surface area contributed by atoms with Gasteiger partial charge >= 0.3 is 6.61 Å². The maximum atomic E-state index is 13.2. The van der Waals surface area contributed by atoms with E-state index in [0.29, 0.717) is 30.4 Å². The molecule has 0 radical (unpaired) electrons. The highest BCUT2D eigenvalue weighted by molar-refractivity contribution is 7.99. The first-order valence-electron chi connectivity index (χ1n) is 12.5. The van der Waals surface area contributed by atoms with Crippen LogP contribution >= 0.6 is 11.8 Å². The zero-order valence-electron chi connectivity index (χ0n) is 22.4. The zero-order valence-corrected chi connectivity index (χ0v) is 24.0. The highest BCUT2D eigenvalue weighted by Crippen LogP contribution is 2.26. The minimum atomic E-state index is -3.76. The SMILES string of the molecule is CC.CC.CSC(CO)Cc1cc(S(=O)(=O)N2CCC(Nc3ncc(OC(F)F)cn3)CC2)ccc1C#N. The van der Waals surface area contributed by atoms with E-state index in [1.165, 1.54) is 34.3 Å². The molecule has 1 saturated heterocycles. The Hall–Kier alpha value is -2.53. The number of hydrogen-bond acceptors (Lipinski definition) is 9. The Morgan fingerprint density at radius 3 is 2.32 bits per heavy atom. The summed E-state index contributed by atoms with van der Waals surface area (Å²) in [6, 6.07) is 6.46. The molecule has 1 aromatic heterocycles. The van der Waals surface area contributed by atoms with Crippen LogP contribution in [-0.2, 0) is 16.4 Å². The molecule has 2 heterocycles. The molecule has 13 heteroatoms. The van der Waals surface area contributed by atoms with Gasteiger partial charge in [0.05, 0.1) is 35.5 Å². The summed E-state index contributed by atoms with van der Waals surface area (Å²) in [4.78, 5) is 8.01. The van der Waals surface area contributed by atoms with Crippen LogP contribution in [0.4, 0.5) is 14.7 Å². The van der Waals surface area contributed by atoms with Gasteiger partial charge in [0.1, 0.15) is 0 Å². The molecule has 1 aliphatic heterocycles. The number of nitrogens with zero attached hydrogens (tertiary/aromatic N) is 4. The number of aliphatic hydroxyl groups is 1. The molecule has 3 rings (SSSR count). The summed E-state index contributed by atoms with van der Waals surface area (Å²) in [5.41, 5.74) is 0.976. The molecule has 1 aliphatic rings. The average molecular weight is 574 g/mol. The lowest BCUT2D eigenvalue weighted by atomic mass is 10.0. The van der Waals surface area contributed by atoms with Gasteiger partial charge in [-0.25, -0.2) is 18.4 Å². The number of thioether (sulfide) groups is 1. The van der Waals surface area contributed by atoms with Crippen LogP contribution in [0.25, 0.3) is 0 Å².